The molecule has 0 bridgehead atoms. The number of nitrogen functional groups attached to an aromatic ring is 1. The number of amides is 2. The second-order valence-electron chi connectivity index (χ2n) is 12.0. The number of nitrogens with one attached hydrogen (secondary N) is 2. The highest BCUT2D eigenvalue weighted by Gasteiger charge is 2.35. The third kappa shape index (κ3) is 9.14. The van der Waals surface area contributed by atoms with Crippen molar-refractivity contribution in [2.24, 2.45) is 0 Å². The molecule has 0 spiro atoms. The first-order valence-electron chi connectivity index (χ1n) is 14.5. The van der Waals surface area contributed by atoms with Gasteiger partial charge in [0.2, 0.25) is 16.8 Å². The number of anilines is 1. The molecule has 1 aliphatic rings. The van der Waals surface area contributed by atoms with Gasteiger partial charge < -0.3 is 25.2 Å². The topological polar surface area (TPSA) is 187 Å². The first-order chi connectivity index (χ1) is 20.6. The minimum Gasteiger partial charge on any atom is -0.460 e. The quantitative estimate of drug-likeness (QED) is 0.272. The van der Waals surface area contributed by atoms with Crippen LogP contribution < -0.4 is 15.8 Å². The number of carbonyl (C=O) groups is 3. The Kier molecular flexibility index (Phi) is 11.6. The first kappa shape index (κ1) is 35.7. The number of benzene rings is 1. The molecule has 4 N–H and O–H groups in total. The normalized spacial score (nSPS) is 15.2. The molecule has 15 heteroatoms. The number of hydrogen-bond acceptors (Lipinski definition) is 10. The summed E-state index contributed by atoms with van der Waals surface area (Å²) in [5.41, 5.74) is 6.13. The van der Waals surface area contributed by atoms with Crippen molar-refractivity contribution in [1.82, 2.24) is 25.1 Å². The van der Waals surface area contributed by atoms with Crippen LogP contribution in [0.2, 0.25) is 0 Å². The number of nitrogens with two attached hydrogens (primary N) is 1. The van der Waals surface area contributed by atoms with E-state index < -0.39 is 51.0 Å². The van der Waals surface area contributed by atoms with Gasteiger partial charge in [0.25, 0.3) is 10.0 Å². The van der Waals surface area contributed by atoms with E-state index >= 15 is 0 Å². The van der Waals surface area contributed by atoms with Crippen LogP contribution in [-0.2, 0) is 35.6 Å². The number of aryl methyl sites for hydroxylation is 1. The standard InChI is InChI=1S/C30H40N6O7S.ClH/c1-18-19(2)43-34-28(18)44(40,41)35-23(17-25(37)42-30(3,4)5)27(38)33-24(29(39)36-13-7-6-8-14-36)16-20-9-10-22-21(15-20)11-12-32-26(22)31;/h9-12,15,23-24,35H,6-8,13-14,16-17H2,1-5H3,(H2,31,32)(H,33,38);1H/t23-,24-;/m0./s1. The molecule has 2 aromatic heterocycles. The molecular weight excluding hydrogens is 624 g/mol. The van der Waals surface area contributed by atoms with Gasteiger partial charge in [0.15, 0.2) is 0 Å². The van der Waals surface area contributed by atoms with Gasteiger partial charge in [0.1, 0.15) is 29.3 Å². The fourth-order valence-electron chi connectivity index (χ4n) is 5.05. The van der Waals surface area contributed by atoms with Crippen molar-refractivity contribution in [3.8, 4) is 0 Å². The van der Waals surface area contributed by atoms with E-state index in [2.05, 4.69) is 20.2 Å². The van der Waals surface area contributed by atoms with Crippen LogP contribution >= 0.6 is 12.4 Å². The van der Waals surface area contributed by atoms with Crippen molar-refractivity contribution in [2.75, 3.05) is 18.8 Å². The number of ether oxygens (including phenoxy) is 1. The SMILES string of the molecule is Cc1onc(S(=O)(=O)N[C@@H](CC(=O)OC(C)(C)C)C(=O)N[C@@H](Cc2ccc3c(N)nccc3c2)C(=O)N2CCCCC2)c1C.Cl. The summed E-state index contributed by atoms with van der Waals surface area (Å²) < 4.78 is 39.3. The van der Waals surface area contributed by atoms with Gasteiger partial charge in [-0.05, 0) is 70.9 Å². The number of esters is 1. The third-order valence-corrected chi connectivity index (χ3v) is 8.84. The molecule has 4 rings (SSSR count). The Morgan fingerprint density at radius 3 is 2.40 bits per heavy atom. The smallest absolute Gasteiger partial charge is 0.308 e. The summed E-state index contributed by atoms with van der Waals surface area (Å²) in [6.07, 6.45) is 3.77. The van der Waals surface area contributed by atoms with Gasteiger partial charge >= 0.3 is 5.97 Å². The highest BCUT2D eigenvalue weighted by atomic mass is 35.5. The largest absolute Gasteiger partial charge is 0.460 e. The van der Waals surface area contributed by atoms with Gasteiger partial charge in [-0.1, -0.05) is 23.4 Å². The number of halogens is 1. The molecule has 2 atom stereocenters. The Labute approximate surface area is 269 Å². The second kappa shape index (κ2) is 14.6. The van der Waals surface area contributed by atoms with Crippen LogP contribution in [0.4, 0.5) is 5.82 Å². The van der Waals surface area contributed by atoms with E-state index in [0.29, 0.717) is 24.7 Å². The zero-order valence-corrected chi connectivity index (χ0v) is 27.7. The number of likely N-dealkylation sites (tertiary alicyclic amines) is 1. The molecule has 246 valence electrons. The van der Waals surface area contributed by atoms with Crippen LogP contribution in [-0.4, -0.2) is 72.0 Å². The number of aromatic nitrogens is 2. The van der Waals surface area contributed by atoms with Crippen LogP contribution in [0.5, 0.6) is 0 Å². The van der Waals surface area contributed by atoms with Gasteiger partial charge in [0.05, 0.1) is 6.42 Å². The summed E-state index contributed by atoms with van der Waals surface area (Å²) >= 11 is 0. The summed E-state index contributed by atoms with van der Waals surface area (Å²) in [5.74, 6) is -1.29. The lowest BCUT2D eigenvalue weighted by molar-refractivity contribution is -0.156. The van der Waals surface area contributed by atoms with Crippen molar-refractivity contribution in [2.45, 2.75) is 89.4 Å². The average molecular weight is 665 g/mol. The lowest BCUT2D eigenvalue weighted by atomic mass is 10.00. The highest BCUT2D eigenvalue weighted by Crippen LogP contribution is 2.22. The average Bonchev–Trinajstić information content (AvgIpc) is 3.29. The van der Waals surface area contributed by atoms with E-state index in [0.717, 1.165) is 35.6 Å². The monoisotopic (exact) mass is 664 g/mol. The molecule has 1 fully saturated rings. The maximum absolute atomic E-state index is 13.8. The predicted molar refractivity (Wildman–Crippen MR) is 170 cm³/mol. The zero-order valence-electron chi connectivity index (χ0n) is 26.1. The van der Waals surface area contributed by atoms with Gasteiger partial charge in [-0.25, -0.2) is 13.4 Å². The predicted octanol–water partition coefficient (Wildman–Crippen LogP) is 2.96. The van der Waals surface area contributed by atoms with E-state index in [9.17, 15) is 22.8 Å². The molecule has 1 aliphatic heterocycles. The van der Waals surface area contributed by atoms with Crippen molar-refractivity contribution in [3.63, 3.8) is 0 Å². The van der Waals surface area contributed by atoms with Crippen LogP contribution in [0, 0.1) is 13.8 Å². The van der Waals surface area contributed by atoms with Crippen LogP contribution in [0.15, 0.2) is 40.0 Å². The van der Waals surface area contributed by atoms with Crippen molar-refractivity contribution >= 4 is 56.8 Å². The summed E-state index contributed by atoms with van der Waals surface area (Å²) in [6, 6.07) is 4.63. The molecule has 2 amide bonds. The number of sulfonamides is 1. The van der Waals surface area contributed by atoms with Crippen LogP contribution in [0.3, 0.4) is 0 Å². The van der Waals surface area contributed by atoms with Gasteiger partial charge in [-0.2, -0.15) is 4.72 Å². The summed E-state index contributed by atoms with van der Waals surface area (Å²) in [4.78, 5) is 46.2. The van der Waals surface area contributed by atoms with E-state index in [1.54, 1.807) is 57.0 Å². The highest BCUT2D eigenvalue weighted by molar-refractivity contribution is 7.89. The molecular formula is C30H41ClN6O7S. The minimum atomic E-state index is -4.40. The summed E-state index contributed by atoms with van der Waals surface area (Å²) in [5, 5.41) is 7.54. The molecule has 45 heavy (non-hydrogen) atoms. The van der Waals surface area contributed by atoms with Gasteiger partial charge in [0, 0.05) is 36.7 Å². The Hall–Kier alpha value is -3.75. The Morgan fingerprint density at radius 2 is 1.78 bits per heavy atom. The van der Waals surface area contributed by atoms with E-state index in [-0.39, 0.29) is 30.3 Å². The lowest BCUT2D eigenvalue weighted by Crippen LogP contribution is -2.56. The molecule has 13 nitrogen and oxygen atoms in total. The maximum Gasteiger partial charge on any atom is 0.308 e. The second-order valence-corrected chi connectivity index (χ2v) is 13.7. The number of nitrogens with zero attached hydrogens (tertiary/aromatic N) is 3. The maximum atomic E-state index is 13.8. The van der Waals surface area contributed by atoms with E-state index in [1.807, 2.05) is 6.07 Å². The Morgan fingerprint density at radius 1 is 1.09 bits per heavy atom. The number of piperidine rings is 1. The van der Waals surface area contributed by atoms with E-state index in [4.69, 9.17) is 15.0 Å². The number of hydrogen-bond donors (Lipinski definition) is 3. The fourth-order valence-corrected chi connectivity index (χ4v) is 6.41. The molecule has 1 aromatic carbocycles. The first-order valence-corrected chi connectivity index (χ1v) is 16.0. The molecule has 0 saturated carbocycles. The molecule has 0 aliphatic carbocycles. The number of carbonyl (C=O) groups excluding carboxylic acids is 3. The summed E-state index contributed by atoms with van der Waals surface area (Å²) in [6.45, 7) is 9.14. The van der Waals surface area contributed by atoms with Crippen molar-refractivity contribution in [3.05, 3.63) is 47.3 Å². The van der Waals surface area contributed by atoms with Gasteiger partial charge in [-0.15, -0.1) is 12.4 Å². The number of pyridine rings is 1. The lowest BCUT2D eigenvalue weighted by Gasteiger charge is -2.31. The molecule has 1 saturated heterocycles. The number of rotatable bonds is 10. The van der Waals surface area contributed by atoms with Gasteiger partial charge in [-0.3, -0.25) is 14.4 Å². The van der Waals surface area contributed by atoms with Crippen molar-refractivity contribution < 1.29 is 32.1 Å². The molecule has 0 radical (unpaired) electrons. The van der Waals surface area contributed by atoms with E-state index in [1.165, 1.54) is 6.92 Å². The fraction of sp³-hybridized carbons (Fsp3) is 0.500. The molecule has 3 aromatic rings. The van der Waals surface area contributed by atoms with Crippen LogP contribution in [0.25, 0.3) is 10.8 Å². The molecule has 3 heterocycles. The Bertz CT molecular complexity index is 1650. The molecule has 0 unspecified atom stereocenters. The number of fused-ring (bicyclic) bond motifs is 1. The zero-order chi connectivity index (χ0) is 32.2. The third-order valence-electron chi connectivity index (χ3n) is 7.36. The van der Waals surface area contributed by atoms with Crippen LogP contribution in [0.1, 0.15) is 63.3 Å². The summed E-state index contributed by atoms with van der Waals surface area (Å²) in [7, 11) is -4.40. The van der Waals surface area contributed by atoms with Crippen molar-refractivity contribution in [1.29, 1.82) is 0 Å². The Balaban J connectivity index is 0.00000552. The minimum absolute atomic E-state index is 0.